The average Bonchev–Trinajstić information content (AvgIpc) is 2.96. The second kappa shape index (κ2) is 3.64. The van der Waals surface area contributed by atoms with E-state index in [2.05, 4.69) is 11.2 Å². The largest absolute Gasteiger partial charge is 0.493 e. The van der Waals surface area contributed by atoms with Crippen molar-refractivity contribution in [3.63, 3.8) is 0 Å². The third-order valence-electron chi connectivity index (χ3n) is 2.75. The quantitative estimate of drug-likeness (QED) is 0.830. The number of benzene rings is 1. The normalized spacial score (nSPS) is 13.6. The molecule has 0 saturated carbocycles. The van der Waals surface area contributed by atoms with Crippen LogP contribution in [0.1, 0.15) is 11.3 Å². The van der Waals surface area contributed by atoms with Gasteiger partial charge in [0.1, 0.15) is 11.4 Å². The Bertz CT molecular complexity index is 519. The van der Waals surface area contributed by atoms with E-state index in [9.17, 15) is 0 Å². The fraction of sp³-hybridized carbons (Fsp3) is 0.250. The molecule has 0 amide bonds. The van der Waals surface area contributed by atoms with Gasteiger partial charge in [-0.1, -0.05) is 5.16 Å². The Kier molecular flexibility index (Phi) is 2.15. The van der Waals surface area contributed by atoms with Crippen molar-refractivity contribution in [1.29, 1.82) is 0 Å². The Labute approximate surface area is 93.0 Å². The molecule has 1 aromatic heterocycles. The smallest absolute Gasteiger partial charge is 0.150 e. The molecule has 0 atom stereocenters. The van der Waals surface area contributed by atoms with Crippen LogP contribution in [0, 0.1) is 0 Å². The molecule has 0 saturated heterocycles. The maximum atomic E-state index is 5.48. The van der Waals surface area contributed by atoms with E-state index >= 15 is 0 Å². The summed E-state index contributed by atoms with van der Waals surface area (Å²) in [5.41, 5.74) is 8.59. The Morgan fingerprint density at radius 1 is 1.31 bits per heavy atom. The molecule has 0 spiro atoms. The first-order valence-corrected chi connectivity index (χ1v) is 5.28. The number of nitrogens with zero attached hydrogens (tertiary/aromatic N) is 1. The van der Waals surface area contributed by atoms with Gasteiger partial charge < -0.3 is 15.0 Å². The zero-order valence-electron chi connectivity index (χ0n) is 8.77. The number of hydrogen-bond acceptors (Lipinski definition) is 4. The SMILES string of the molecule is NCc1cc(-c2ccc3c(c2)CCO3)no1. The highest BCUT2D eigenvalue weighted by molar-refractivity contribution is 5.62. The summed E-state index contributed by atoms with van der Waals surface area (Å²) in [6.45, 7) is 1.15. The first-order valence-electron chi connectivity index (χ1n) is 5.28. The average molecular weight is 216 g/mol. The third-order valence-corrected chi connectivity index (χ3v) is 2.75. The van der Waals surface area contributed by atoms with Gasteiger partial charge in [-0.15, -0.1) is 0 Å². The lowest BCUT2D eigenvalue weighted by molar-refractivity contribution is 0.357. The van der Waals surface area contributed by atoms with Gasteiger partial charge in [-0.2, -0.15) is 0 Å². The van der Waals surface area contributed by atoms with Crippen molar-refractivity contribution in [2.24, 2.45) is 5.73 Å². The van der Waals surface area contributed by atoms with Crippen LogP contribution in [-0.4, -0.2) is 11.8 Å². The van der Waals surface area contributed by atoms with E-state index in [1.807, 2.05) is 18.2 Å². The molecule has 1 aliphatic heterocycles. The Hall–Kier alpha value is -1.81. The van der Waals surface area contributed by atoms with E-state index in [0.717, 1.165) is 30.0 Å². The van der Waals surface area contributed by atoms with Crippen LogP contribution in [-0.2, 0) is 13.0 Å². The molecule has 4 heteroatoms. The van der Waals surface area contributed by atoms with Gasteiger partial charge in [0.15, 0.2) is 5.76 Å². The maximum absolute atomic E-state index is 5.48. The van der Waals surface area contributed by atoms with E-state index < -0.39 is 0 Å². The standard InChI is InChI=1S/C12H12N2O2/c13-7-10-6-11(14-16-10)8-1-2-12-9(5-8)3-4-15-12/h1-2,5-6H,3-4,7,13H2. The summed E-state index contributed by atoms with van der Waals surface area (Å²) >= 11 is 0. The summed E-state index contributed by atoms with van der Waals surface area (Å²) in [4.78, 5) is 0. The minimum Gasteiger partial charge on any atom is -0.493 e. The summed E-state index contributed by atoms with van der Waals surface area (Å²) in [5.74, 6) is 1.68. The van der Waals surface area contributed by atoms with Gasteiger partial charge in [-0.25, -0.2) is 0 Å². The lowest BCUT2D eigenvalue weighted by Crippen LogP contribution is -1.92. The lowest BCUT2D eigenvalue weighted by atomic mass is 10.1. The molecule has 3 rings (SSSR count). The molecular weight excluding hydrogens is 204 g/mol. The van der Waals surface area contributed by atoms with Crippen molar-refractivity contribution in [1.82, 2.24) is 5.16 Å². The molecule has 2 aromatic rings. The Morgan fingerprint density at radius 3 is 3.06 bits per heavy atom. The fourth-order valence-corrected chi connectivity index (χ4v) is 1.89. The Morgan fingerprint density at radius 2 is 2.25 bits per heavy atom. The number of hydrogen-bond donors (Lipinski definition) is 1. The first kappa shape index (κ1) is 9.42. The zero-order valence-corrected chi connectivity index (χ0v) is 8.77. The van der Waals surface area contributed by atoms with Crippen LogP contribution in [0.4, 0.5) is 0 Å². The van der Waals surface area contributed by atoms with E-state index in [0.29, 0.717) is 12.3 Å². The van der Waals surface area contributed by atoms with Crippen LogP contribution in [0.5, 0.6) is 5.75 Å². The second-order valence-corrected chi connectivity index (χ2v) is 3.80. The van der Waals surface area contributed by atoms with Crippen LogP contribution in [0.3, 0.4) is 0 Å². The van der Waals surface area contributed by atoms with Crippen molar-refractivity contribution in [2.45, 2.75) is 13.0 Å². The molecule has 1 aromatic carbocycles. The lowest BCUT2D eigenvalue weighted by Gasteiger charge is -2.00. The fourth-order valence-electron chi connectivity index (χ4n) is 1.89. The van der Waals surface area contributed by atoms with Gasteiger partial charge >= 0.3 is 0 Å². The number of aromatic nitrogens is 1. The summed E-state index contributed by atoms with van der Waals surface area (Å²) in [6, 6.07) is 7.94. The molecule has 0 bridgehead atoms. The van der Waals surface area contributed by atoms with Crippen LogP contribution in [0.2, 0.25) is 0 Å². The molecule has 1 aliphatic rings. The zero-order chi connectivity index (χ0) is 11.0. The van der Waals surface area contributed by atoms with Crippen LogP contribution >= 0.6 is 0 Å². The topological polar surface area (TPSA) is 61.3 Å². The molecule has 0 radical (unpaired) electrons. The molecule has 0 aliphatic carbocycles. The molecule has 2 N–H and O–H groups in total. The van der Waals surface area contributed by atoms with Crippen LogP contribution in [0.25, 0.3) is 11.3 Å². The van der Waals surface area contributed by atoms with E-state index in [-0.39, 0.29) is 0 Å². The number of fused-ring (bicyclic) bond motifs is 1. The van der Waals surface area contributed by atoms with Gasteiger partial charge in [0.25, 0.3) is 0 Å². The van der Waals surface area contributed by atoms with Crippen molar-refractivity contribution in [3.05, 3.63) is 35.6 Å². The van der Waals surface area contributed by atoms with Gasteiger partial charge in [-0.3, -0.25) is 0 Å². The molecule has 4 nitrogen and oxygen atoms in total. The minimum absolute atomic E-state index is 0.376. The predicted molar refractivity (Wildman–Crippen MR) is 59.0 cm³/mol. The summed E-state index contributed by atoms with van der Waals surface area (Å²) in [6.07, 6.45) is 0.963. The molecule has 0 fully saturated rings. The van der Waals surface area contributed by atoms with E-state index in [4.69, 9.17) is 15.0 Å². The monoisotopic (exact) mass is 216 g/mol. The predicted octanol–water partition coefficient (Wildman–Crippen LogP) is 1.74. The highest BCUT2D eigenvalue weighted by Crippen LogP contribution is 2.30. The Balaban J connectivity index is 2.00. The van der Waals surface area contributed by atoms with Gasteiger partial charge in [0.05, 0.1) is 13.2 Å². The molecule has 0 unspecified atom stereocenters. The van der Waals surface area contributed by atoms with Crippen molar-refractivity contribution in [2.75, 3.05) is 6.61 Å². The van der Waals surface area contributed by atoms with Crippen molar-refractivity contribution in [3.8, 4) is 17.0 Å². The second-order valence-electron chi connectivity index (χ2n) is 3.80. The molecule has 16 heavy (non-hydrogen) atoms. The molecule has 2 heterocycles. The molecule has 82 valence electrons. The van der Waals surface area contributed by atoms with Crippen molar-refractivity contribution >= 4 is 0 Å². The summed E-state index contributed by atoms with van der Waals surface area (Å²) in [7, 11) is 0. The first-order chi connectivity index (χ1) is 7.86. The number of ether oxygens (including phenoxy) is 1. The number of nitrogens with two attached hydrogens (primary N) is 1. The minimum atomic E-state index is 0.376. The van der Waals surface area contributed by atoms with Gasteiger partial charge in [-0.05, 0) is 23.8 Å². The number of rotatable bonds is 2. The van der Waals surface area contributed by atoms with Crippen molar-refractivity contribution < 1.29 is 9.26 Å². The van der Waals surface area contributed by atoms with Gasteiger partial charge in [0, 0.05) is 18.1 Å². The van der Waals surface area contributed by atoms with Crippen LogP contribution < -0.4 is 10.5 Å². The van der Waals surface area contributed by atoms with Gasteiger partial charge in [0.2, 0.25) is 0 Å². The summed E-state index contributed by atoms with van der Waals surface area (Å²) in [5, 5.41) is 3.99. The third kappa shape index (κ3) is 1.47. The highest BCUT2D eigenvalue weighted by atomic mass is 16.5. The van der Waals surface area contributed by atoms with E-state index in [1.54, 1.807) is 0 Å². The van der Waals surface area contributed by atoms with Crippen LogP contribution in [0.15, 0.2) is 28.8 Å². The summed E-state index contributed by atoms with van der Waals surface area (Å²) < 4.78 is 10.5. The highest BCUT2D eigenvalue weighted by Gasteiger charge is 2.14. The molecular formula is C12H12N2O2. The van der Waals surface area contributed by atoms with E-state index in [1.165, 1.54) is 5.56 Å². The maximum Gasteiger partial charge on any atom is 0.150 e.